The van der Waals surface area contributed by atoms with Crippen LogP contribution in [0.3, 0.4) is 0 Å². The first-order valence-corrected chi connectivity index (χ1v) is 8.85. The summed E-state index contributed by atoms with van der Waals surface area (Å²) in [7, 11) is 0. The molecule has 0 atom stereocenters. The van der Waals surface area contributed by atoms with Crippen LogP contribution >= 0.6 is 39.3 Å². The summed E-state index contributed by atoms with van der Waals surface area (Å²) in [5.74, 6) is 1.47. The summed E-state index contributed by atoms with van der Waals surface area (Å²) in [6, 6.07) is 8.45. The minimum Gasteiger partial charge on any atom is -0.235 e. The van der Waals surface area contributed by atoms with Crippen LogP contribution in [0.1, 0.15) is 37.9 Å². The fourth-order valence-electron chi connectivity index (χ4n) is 1.81. The summed E-state index contributed by atoms with van der Waals surface area (Å²) in [6.45, 7) is 8.44. The van der Waals surface area contributed by atoms with Gasteiger partial charge in [-0.25, -0.2) is 9.97 Å². The van der Waals surface area contributed by atoms with E-state index in [0.717, 1.165) is 16.0 Å². The van der Waals surface area contributed by atoms with Crippen molar-refractivity contribution in [2.75, 3.05) is 0 Å². The monoisotopic (exact) mass is 384 g/mol. The normalized spacial score (nSPS) is 11.7. The highest BCUT2D eigenvalue weighted by atomic mass is 79.9. The number of rotatable bonds is 3. The molecule has 1 aromatic carbocycles. The van der Waals surface area contributed by atoms with Crippen LogP contribution in [0, 0.1) is 6.92 Å². The zero-order valence-corrected chi connectivity index (χ0v) is 15.7. The molecule has 0 aliphatic rings. The number of benzene rings is 1. The molecule has 0 unspecified atom stereocenters. The lowest BCUT2D eigenvalue weighted by Gasteiger charge is -2.20. The Morgan fingerprint density at radius 2 is 1.76 bits per heavy atom. The zero-order chi connectivity index (χ0) is 15.6. The molecule has 0 fully saturated rings. The van der Waals surface area contributed by atoms with Crippen molar-refractivity contribution >= 4 is 39.3 Å². The Morgan fingerprint density at radius 3 is 2.33 bits per heavy atom. The first-order valence-electron chi connectivity index (χ1n) is 6.69. The molecule has 0 saturated heterocycles. The van der Waals surface area contributed by atoms with E-state index in [1.165, 1.54) is 10.5 Å². The minimum atomic E-state index is -0.0747. The number of aryl methyl sites for hydroxylation is 1. The summed E-state index contributed by atoms with van der Waals surface area (Å²) in [5, 5.41) is 0.481. The van der Waals surface area contributed by atoms with Crippen molar-refractivity contribution in [2.45, 2.75) is 43.8 Å². The van der Waals surface area contributed by atoms with Crippen molar-refractivity contribution in [3.8, 4) is 0 Å². The van der Waals surface area contributed by atoms with Crippen LogP contribution in [0.2, 0.25) is 5.15 Å². The smallest absolute Gasteiger partial charge is 0.147 e. The van der Waals surface area contributed by atoms with E-state index < -0.39 is 0 Å². The van der Waals surface area contributed by atoms with Crippen LogP contribution in [-0.2, 0) is 11.2 Å². The van der Waals surface area contributed by atoms with Gasteiger partial charge in [-0.15, -0.1) is 11.8 Å². The molecule has 0 aliphatic carbocycles. The molecule has 0 aliphatic heterocycles. The van der Waals surface area contributed by atoms with Gasteiger partial charge in [0.15, 0.2) is 0 Å². The average Bonchev–Trinajstić information content (AvgIpc) is 2.40. The van der Waals surface area contributed by atoms with Gasteiger partial charge in [-0.1, -0.05) is 50.1 Å². The highest BCUT2D eigenvalue weighted by molar-refractivity contribution is 9.10. The van der Waals surface area contributed by atoms with Gasteiger partial charge in [0.25, 0.3) is 0 Å². The first kappa shape index (κ1) is 16.8. The summed E-state index contributed by atoms with van der Waals surface area (Å²) in [4.78, 5) is 10.2. The Morgan fingerprint density at radius 1 is 1.14 bits per heavy atom. The molecule has 21 heavy (non-hydrogen) atoms. The van der Waals surface area contributed by atoms with E-state index in [0.29, 0.717) is 10.9 Å². The Kier molecular flexibility index (Phi) is 5.33. The van der Waals surface area contributed by atoms with E-state index in [-0.39, 0.29) is 5.41 Å². The lowest BCUT2D eigenvalue weighted by Crippen LogP contribution is -2.16. The highest BCUT2D eigenvalue weighted by Gasteiger charge is 2.22. The molecule has 0 amide bonds. The van der Waals surface area contributed by atoms with Crippen molar-refractivity contribution in [2.24, 2.45) is 0 Å². The second kappa shape index (κ2) is 6.67. The average molecular weight is 386 g/mol. The highest BCUT2D eigenvalue weighted by Crippen LogP contribution is 2.33. The van der Waals surface area contributed by atoms with Crippen LogP contribution in [0.5, 0.6) is 0 Å². The van der Waals surface area contributed by atoms with E-state index in [2.05, 4.69) is 77.9 Å². The SMILES string of the molecule is Cc1ccc(SCc2nc(Cl)c(Br)c(C(C)(C)C)n2)cc1. The minimum absolute atomic E-state index is 0.0747. The number of hydrogen-bond acceptors (Lipinski definition) is 3. The maximum absolute atomic E-state index is 6.22. The lowest BCUT2D eigenvalue weighted by atomic mass is 9.92. The van der Waals surface area contributed by atoms with Gasteiger partial charge in [0.05, 0.1) is 15.9 Å². The van der Waals surface area contributed by atoms with Crippen LogP contribution < -0.4 is 0 Å². The summed E-state index contributed by atoms with van der Waals surface area (Å²) < 4.78 is 0.792. The Balaban J connectivity index is 2.21. The maximum atomic E-state index is 6.22. The van der Waals surface area contributed by atoms with E-state index in [9.17, 15) is 0 Å². The Labute approximate surface area is 143 Å². The van der Waals surface area contributed by atoms with E-state index in [4.69, 9.17) is 11.6 Å². The van der Waals surface area contributed by atoms with Gasteiger partial charge in [-0.05, 0) is 35.0 Å². The second-order valence-corrected chi connectivity index (χ2v) is 8.14. The predicted octanol–water partition coefficient (Wildman–Crippen LogP) is 5.79. The van der Waals surface area contributed by atoms with Crippen molar-refractivity contribution < 1.29 is 0 Å². The molecule has 2 nitrogen and oxygen atoms in total. The van der Waals surface area contributed by atoms with Gasteiger partial charge in [-0.2, -0.15) is 0 Å². The van der Waals surface area contributed by atoms with Gasteiger partial charge in [0, 0.05) is 10.3 Å². The number of aromatic nitrogens is 2. The van der Waals surface area contributed by atoms with Gasteiger partial charge >= 0.3 is 0 Å². The van der Waals surface area contributed by atoms with Gasteiger partial charge in [0.1, 0.15) is 11.0 Å². The molecule has 5 heteroatoms. The molecule has 0 N–H and O–H groups in total. The fraction of sp³-hybridized carbons (Fsp3) is 0.375. The predicted molar refractivity (Wildman–Crippen MR) is 94.2 cm³/mol. The van der Waals surface area contributed by atoms with Gasteiger partial charge < -0.3 is 0 Å². The van der Waals surface area contributed by atoms with Crippen molar-refractivity contribution in [3.05, 3.63) is 51.0 Å². The molecule has 0 radical (unpaired) electrons. The number of hydrogen-bond donors (Lipinski definition) is 0. The molecule has 1 heterocycles. The Hall–Kier alpha value is -0.580. The van der Waals surface area contributed by atoms with Gasteiger partial charge in [0.2, 0.25) is 0 Å². The van der Waals surface area contributed by atoms with E-state index >= 15 is 0 Å². The molecule has 1 aromatic heterocycles. The standard InChI is InChI=1S/C16H18BrClN2S/c1-10-5-7-11(8-6-10)21-9-12-19-14(16(2,3)4)13(17)15(18)20-12/h5-8H,9H2,1-4H3. The third kappa shape index (κ3) is 4.44. The largest absolute Gasteiger partial charge is 0.235 e. The quantitative estimate of drug-likeness (QED) is 0.494. The van der Waals surface area contributed by atoms with Crippen molar-refractivity contribution in [1.82, 2.24) is 9.97 Å². The molecule has 0 saturated carbocycles. The van der Waals surface area contributed by atoms with Gasteiger partial charge in [-0.3, -0.25) is 0 Å². The molecule has 2 rings (SSSR count). The number of thioether (sulfide) groups is 1. The van der Waals surface area contributed by atoms with Crippen LogP contribution in [0.25, 0.3) is 0 Å². The van der Waals surface area contributed by atoms with Crippen LogP contribution in [0.4, 0.5) is 0 Å². The molecule has 2 aromatic rings. The van der Waals surface area contributed by atoms with Crippen molar-refractivity contribution in [1.29, 1.82) is 0 Å². The molecular formula is C16H18BrClN2S. The van der Waals surface area contributed by atoms with Crippen molar-refractivity contribution in [3.63, 3.8) is 0 Å². The third-order valence-corrected chi connectivity index (χ3v) is 5.22. The van der Waals surface area contributed by atoms with E-state index in [1.807, 2.05) is 0 Å². The Bertz CT molecular complexity index is 636. The third-order valence-electron chi connectivity index (χ3n) is 2.96. The summed E-state index contributed by atoms with van der Waals surface area (Å²) >= 11 is 11.4. The lowest BCUT2D eigenvalue weighted by molar-refractivity contribution is 0.560. The molecule has 0 bridgehead atoms. The molecular weight excluding hydrogens is 368 g/mol. The maximum Gasteiger partial charge on any atom is 0.147 e. The second-order valence-electron chi connectivity index (χ2n) is 5.94. The van der Waals surface area contributed by atoms with Crippen LogP contribution in [-0.4, -0.2) is 9.97 Å². The topological polar surface area (TPSA) is 25.8 Å². The number of nitrogens with zero attached hydrogens (tertiary/aromatic N) is 2. The van der Waals surface area contributed by atoms with Crippen LogP contribution in [0.15, 0.2) is 33.6 Å². The van der Waals surface area contributed by atoms with E-state index in [1.54, 1.807) is 11.8 Å². The summed E-state index contributed by atoms with van der Waals surface area (Å²) in [5.41, 5.74) is 2.13. The zero-order valence-electron chi connectivity index (χ0n) is 12.6. The molecule has 112 valence electrons. The first-order chi connectivity index (χ1) is 9.77. The fourth-order valence-corrected chi connectivity index (χ4v) is 3.52. The molecule has 0 spiro atoms. The summed E-state index contributed by atoms with van der Waals surface area (Å²) in [6.07, 6.45) is 0. The number of halogens is 2.